The van der Waals surface area contributed by atoms with Gasteiger partial charge in [-0.25, -0.2) is 0 Å². The first kappa shape index (κ1) is 49.5. The minimum absolute atomic E-state index is 0. The van der Waals surface area contributed by atoms with E-state index in [1.807, 2.05) is 0 Å². The monoisotopic (exact) mass is 643 g/mol. The summed E-state index contributed by atoms with van der Waals surface area (Å²) in [5, 5.41) is 25.2. The summed E-state index contributed by atoms with van der Waals surface area (Å²) in [5.74, 6) is -1.98. The number of carboxylic acids is 3. The molecule has 0 bridgehead atoms. The third kappa shape index (κ3) is 61.4. The number of rotatable bonds is 30. The van der Waals surface area contributed by atoms with Crippen molar-refractivity contribution >= 4 is 55.6 Å². The number of aliphatic carboxylic acids is 3. The predicted molar refractivity (Wildman–Crippen MR) is 186 cm³/mol. The molecule has 0 saturated heterocycles. The molecule has 0 aromatic carbocycles. The van der Waals surface area contributed by atoms with E-state index in [0.29, 0.717) is 19.3 Å². The molecule has 0 fully saturated rings. The molecule has 0 aromatic rings. The fraction of sp³-hybridized carbons (Fsp3) is 0.917. The third-order valence-corrected chi connectivity index (χ3v) is 7.48. The van der Waals surface area contributed by atoms with E-state index in [1.165, 1.54) is 135 Å². The van der Waals surface area contributed by atoms with Crippen molar-refractivity contribution in [2.75, 3.05) is 0 Å². The Bertz CT molecular complexity index is 492. The van der Waals surface area contributed by atoms with Crippen LogP contribution in [0.3, 0.4) is 0 Å². The van der Waals surface area contributed by atoms with Crippen molar-refractivity contribution in [3.05, 3.63) is 0 Å². The molecular weight excluding hydrogens is 568 g/mol. The van der Waals surface area contributed by atoms with E-state index in [-0.39, 0.29) is 40.6 Å². The van der Waals surface area contributed by atoms with E-state index in [9.17, 15) is 14.4 Å². The van der Waals surface area contributed by atoms with E-state index in [0.717, 1.165) is 38.5 Å². The quantitative estimate of drug-likeness (QED) is 0.0531. The van der Waals surface area contributed by atoms with Crippen LogP contribution in [0.4, 0.5) is 0 Å². The Kier molecular flexibility index (Phi) is 53.1. The normalized spacial score (nSPS) is 10.1. The van der Waals surface area contributed by atoms with Gasteiger partial charge in [0, 0.05) is 19.3 Å². The van der Waals surface area contributed by atoms with Gasteiger partial charge in [-0.2, -0.15) is 0 Å². The molecule has 0 rings (SSSR count). The number of carbonyl (C=O) groups is 3. The molecule has 0 heterocycles. The van der Waals surface area contributed by atoms with Crippen LogP contribution in [-0.4, -0.2) is 71.0 Å². The number of hydrogen-bond donors (Lipinski definition) is 3. The summed E-state index contributed by atoms with van der Waals surface area (Å²) in [6, 6.07) is 0. The van der Waals surface area contributed by atoms with Crippen molar-refractivity contribution in [3.8, 4) is 0 Å². The topological polar surface area (TPSA) is 112 Å². The fourth-order valence-corrected chi connectivity index (χ4v) is 4.76. The van der Waals surface area contributed by atoms with E-state index in [1.54, 1.807) is 0 Å². The van der Waals surface area contributed by atoms with Gasteiger partial charge in [-0.15, -0.1) is 0 Å². The first-order valence-corrected chi connectivity index (χ1v) is 18.0. The molecule has 0 spiro atoms. The van der Waals surface area contributed by atoms with Gasteiger partial charge in [0.25, 0.3) is 0 Å². The van der Waals surface area contributed by atoms with Gasteiger partial charge in [0.15, 0.2) is 0 Å². The smallest absolute Gasteiger partial charge is 1.00 e. The Hall–Kier alpha value is -0.330. The molecule has 0 atom stereocenters. The zero-order chi connectivity index (χ0) is 31.9. The van der Waals surface area contributed by atoms with Crippen LogP contribution in [0.2, 0.25) is 0 Å². The van der Waals surface area contributed by atoms with Crippen LogP contribution in [0, 0.1) is 0 Å². The van der Waals surface area contributed by atoms with E-state index >= 15 is 0 Å². The first-order chi connectivity index (χ1) is 20.3. The van der Waals surface area contributed by atoms with Crippen LogP contribution in [0.1, 0.15) is 216 Å². The Morgan fingerprint density at radius 3 is 0.605 bits per heavy atom. The minimum Gasteiger partial charge on any atom is -1.00 e. The molecule has 7 heteroatoms. The Morgan fingerprint density at radius 1 is 0.326 bits per heavy atom. The zero-order valence-corrected chi connectivity index (χ0v) is 31.2. The number of hydrogen-bond acceptors (Lipinski definition) is 3. The van der Waals surface area contributed by atoms with Gasteiger partial charge in [-0.05, 0) is 19.3 Å². The molecule has 0 aromatic heterocycles. The fourth-order valence-electron chi connectivity index (χ4n) is 4.76. The SMILES string of the molecule is CCCCCCCCCCCC(=O)O.CCCCCCCCCCCC(=O)O.CCCCCCCCCCCC(=O)O.[Ca+2].[H-].[H-]. The van der Waals surface area contributed by atoms with Gasteiger partial charge in [-0.1, -0.05) is 175 Å². The van der Waals surface area contributed by atoms with Crippen LogP contribution < -0.4 is 0 Å². The van der Waals surface area contributed by atoms with Crippen molar-refractivity contribution in [2.45, 2.75) is 213 Å². The second kappa shape index (κ2) is 46.1. The zero-order valence-electron chi connectivity index (χ0n) is 31.0. The molecule has 6 nitrogen and oxygen atoms in total. The number of unbranched alkanes of at least 4 members (excludes halogenated alkanes) is 24. The second-order valence-electron chi connectivity index (χ2n) is 11.9. The van der Waals surface area contributed by atoms with Gasteiger partial charge < -0.3 is 18.2 Å². The van der Waals surface area contributed by atoms with Crippen molar-refractivity contribution in [1.29, 1.82) is 0 Å². The van der Waals surface area contributed by atoms with E-state index in [4.69, 9.17) is 15.3 Å². The molecule has 43 heavy (non-hydrogen) atoms. The molecule has 0 aliphatic rings. The maximum Gasteiger partial charge on any atom is 2.00 e. The summed E-state index contributed by atoms with van der Waals surface area (Å²) in [4.78, 5) is 30.6. The molecule has 0 amide bonds. The standard InChI is InChI=1S/3C12H24O2.Ca.2H/c3*1-2-3-4-5-6-7-8-9-10-11-12(13)14;;;/h3*2-11H2,1H3,(H,13,14);;;/q;;;+2;2*-1. The van der Waals surface area contributed by atoms with Gasteiger partial charge >= 0.3 is 55.6 Å². The van der Waals surface area contributed by atoms with Gasteiger partial charge in [0.1, 0.15) is 0 Å². The average molecular weight is 643 g/mol. The third-order valence-electron chi connectivity index (χ3n) is 7.48. The van der Waals surface area contributed by atoms with Crippen LogP contribution in [0.15, 0.2) is 0 Å². The molecule has 0 aliphatic heterocycles. The molecule has 0 saturated carbocycles. The molecule has 0 aliphatic carbocycles. The van der Waals surface area contributed by atoms with Gasteiger partial charge in [0.05, 0.1) is 0 Å². The van der Waals surface area contributed by atoms with Crippen LogP contribution >= 0.6 is 0 Å². The summed E-state index contributed by atoms with van der Waals surface area (Å²) in [6.45, 7) is 6.68. The Balaban J connectivity index is -0.000000123. The summed E-state index contributed by atoms with van der Waals surface area (Å²) in [7, 11) is 0. The largest absolute Gasteiger partial charge is 2.00 e. The Morgan fingerprint density at radius 2 is 0.465 bits per heavy atom. The van der Waals surface area contributed by atoms with Crippen molar-refractivity contribution < 1.29 is 32.6 Å². The van der Waals surface area contributed by atoms with E-state index < -0.39 is 17.9 Å². The minimum atomic E-state index is -0.659. The van der Waals surface area contributed by atoms with Crippen LogP contribution in [0.25, 0.3) is 0 Å². The first-order valence-electron chi connectivity index (χ1n) is 18.0. The molecule has 3 N–H and O–H groups in total. The summed E-state index contributed by atoms with van der Waals surface area (Å²) < 4.78 is 0. The summed E-state index contributed by atoms with van der Waals surface area (Å²) >= 11 is 0. The van der Waals surface area contributed by atoms with Crippen LogP contribution in [0.5, 0.6) is 0 Å². The predicted octanol–water partition coefficient (Wildman–Crippen LogP) is 11.8. The summed E-state index contributed by atoms with van der Waals surface area (Å²) in [5.41, 5.74) is 0. The summed E-state index contributed by atoms with van der Waals surface area (Å²) in [6.07, 6.45) is 34.4. The van der Waals surface area contributed by atoms with Gasteiger partial charge in [-0.3, -0.25) is 14.4 Å². The van der Waals surface area contributed by atoms with Crippen molar-refractivity contribution in [1.82, 2.24) is 0 Å². The average Bonchev–Trinajstić information content (AvgIpc) is 2.95. The second-order valence-corrected chi connectivity index (χ2v) is 11.9. The van der Waals surface area contributed by atoms with Crippen molar-refractivity contribution in [3.63, 3.8) is 0 Å². The van der Waals surface area contributed by atoms with Crippen LogP contribution in [-0.2, 0) is 14.4 Å². The molecule has 0 radical (unpaired) electrons. The Labute approximate surface area is 299 Å². The number of carboxylic acid groups (broad SMARTS) is 3. The van der Waals surface area contributed by atoms with Crippen molar-refractivity contribution in [2.24, 2.45) is 0 Å². The molecular formula is C36H74CaO6. The maximum absolute atomic E-state index is 10.2. The van der Waals surface area contributed by atoms with E-state index in [2.05, 4.69) is 20.8 Å². The molecule has 0 unspecified atom stereocenters. The van der Waals surface area contributed by atoms with Gasteiger partial charge in [0.2, 0.25) is 0 Å². The molecule has 256 valence electrons. The maximum atomic E-state index is 10.2.